The Kier molecular flexibility index (Phi) is 6.10. The van der Waals surface area contributed by atoms with E-state index in [1.54, 1.807) is 31.5 Å². The number of nitro groups is 1. The van der Waals surface area contributed by atoms with Crippen LogP contribution in [0.15, 0.2) is 85.2 Å². The summed E-state index contributed by atoms with van der Waals surface area (Å²) in [4.78, 5) is 17.3. The predicted octanol–water partition coefficient (Wildman–Crippen LogP) is 5.62. The van der Waals surface area contributed by atoms with Gasteiger partial charge in [0.1, 0.15) is 11.8 Å². The number of hydrogen-bond acceptors (Lipinski definition) is 5. The maximum Gasteiger partial charge on any atom is 0.269 e. The van der Waals surface area contributed by atoms with Crippen LogP contribution in [0.5, 0.6) is 5.75 Å². The van der Waals surface area contributed by atoms with E-state index in [4.69, 9.17) is 28.6 Å². The topological polar surface area (TPSA) is 85.5 Å². The van der Waals surface area contributed by atoms with Gasteiger partial charge in [-0.25, -0.2) is 0 Å². The molecule has 1 aliphatic heterocycles. The molecule has 0 aliphatic carbocycles. The van der Waals surface area contributed by atoms with Gasteiger partial charge < -0.3 is 19.5 Å². The molecule has 176 valence electrons. The van der Waals surface area contributed by atoms with Crippen molar-refractivity contribution in [2.75, 3.05) is 12.0 Å². The zero-order valence-electron chi connectivity index (χ0n) is 18.5. The molecule has 0 radical (unpaired) electrons. The van der Waals surface area contributed by atoms with Crippen LogP contribution in [-0.2, 0) is 0 Å². The van der Waals surface area contributed by atoms with E-state index in [2.05, 4.69) is 10.3 Å². The van der Waals surface area contributed by atoms with Crippen LogP contribution in [0.2, 0.25) is 5.02 Å². The summed E-state index contributed by atoms with van der Waals surface area (Å²) in [7, 11) is 1.57. The van der Waals surface area contributed by atoms with Crippen molar-refractivity contribution in [1.82, 2.24) is 14.9 Å². The summed E-state index contributed by atoms with van der Waals surface area (Å²) in [5.74, 6) is 0.570. The van der Waals surface area contributed by atoms with Gasteiger partial charge in [-0.2, -0.15) is 0 Å². The minimum Gasteiger partial charge on any atom is -0.495 e. The fourth-order valence-electron chi connectivity index (χ4n) is 4.34. The molecule has 0 amide bonds. The van der Waals surface area contributed by atoms with Crippen LogP contribution in [-0.4, -0.2) is 26.7 Å². The first-order valence-electron chi connectivity index (χ1n) is 10.7. The molecule has 2 aromatic heterocycles. The molecule has 2 atom stereocenters. The van der Waals surface area contributed by atoms with Crippen molar-refractivity contribution >= 4 is 40.3 Å². The first-order valence-corrected chi connectivity index (χ1v) is 11.5. The minimum atomic E-state index is -0.411. The third-order valence-electron chi connectivity index (χ3n) is 5.93. The monoisotopic (exact) mass is 505 g/mol. The number of aromatic nitrogens is 2. The molecule has 10 heteroatoms. The quantitative estimate of drug-likeness (QED) is 0.207. The van der Waals surface area contributed by atoms with Crippen LogP contribution in [0.1, 0.15) is 23.5 Å². The number of rotatable bonds is 6. The zero-order chi connectivity index (χ0) is 24.5. The minimum absolute atomic E-state index is 0.0343. The van der Waals surface area contributed by atoms with Crippen molar-refractivity contribution in [2.45, 2.75) is 12.1 Å². The molecule has 4 aromatic rings. The number of thiocarbonyl (C=S) groups is 1. The number of halogens is 1. The van der Waals surface area contributed by atoms with Gasteiger partial charge >= 0.3 is 0 Å². The Bertz CT molecular complexity index is 1390. The smallest absolute Gasteiger partial charge is 0.269 e. The van der Waals surface area contributed by atoms with Gasteiger partial charge in [0.2, 0.25) is 0 Å². The maximum absolute atomic E-state index is 11.1. The highest BCUT2D eigenvalue weighted by Gasteiger charge is 2.42. The summed E-state index contributed by atoms with van der Waals surface area (Å²) >= 11 is 12.3. The molecule has 1 saturated heterocycles. The Morgan fingerprint density at radius 3 is 2.51 bits per heavy atom. The largest absolute Gasteiger partial charge is 0.495 e. The van der Waals surface area contributed by atoms with Gasteiger partial charge in [0.25, 0.3) is 5.69 Å². The molecule has 0 bridgehead atoms. The zero-order valence-corrected chi connectivity index (χ0v) is 20.1. The third kappa shape index (κ3) is 4.20. The number of anilines is 1. The Morgan fingerprint density at radius 2 is 1.86 bits per heavy atom. The van der Waals surface area contributed by atoms with Gasteiger partial charge in [-0.3, -0.25) is 15.1 Å². The molecule has 3 heterocycles. The molecule has 2 aromatic carbocycles. The molecule has 5 rings (SSSR count). The van der Waals surface area contributed by atoms with Crippen LogP contribution in [0.3, 0.4) is 0 Å². The first kappa shape index (κ1) is 22.8. The van der Waals surface area contributed by atoms with Crippen LogP contribution < -0.4 is 15.0 Å². The first-order chi connectivity index (χ1) is 17.0. The Hall–Kier alpha value is -3.95. The average Bonchev–Trinajstić information content (AvgIpc) is 3.49. The summed E-state index contributed by atoms with van der Waals surface area (Å²) in [6.45, 7) is 0. The molecule has 0 spiro atoms. The second-order valence-corrected chi connectivity index (χ2v) is 8.69. The number of hydrogen-bond donors (Lipinski definition) is 1. The van der Waals surface area contributed by atoms with Crippen molar-refractivity contribution in [3.8, 4) is 11.4 Å². The molecule has 1 N–H and O–H groups in total. The Labute approximate surface area is 211 Å². The van der Waals surface area contributed by atoms with Crippen LogP contribution in [0.25, 0.3) is 5.69 Å². The van der Waals surface area contributed by atoms with Gasteiger partial charge in [-0.05, 0) is 66.8 Å². The summed E-state index contributed by atoms with van der Waals surface area (Å²) in [5.41, 5.74) is 3.38. The summed E-state index contributed by atoms with van der Waals surface area (Å²) in [6, 6.07) is 21.1. The van der Waals surface area contributed by atoms with E-state index in [9.17, 15) is 10.1 Å². The van der Waals surface area contributed by atoms with Crippen LogP contribution >= 0.6 is 23.8 Å². The van der Waals surface area contributed by atoms with Gasteiger partial charge in [-0.15, -0.1) is 0 Å². The van der Waals surface area contributed by atoms with Crippen LogP contribution in [0.4, 0.5) is 11.4 Å². The Balaban J connectivity index is 1.64. The lowest BCUT2D eigenvalue weighted by Crippen LogP contribution is -2.30. The van der Waals surface area contributed by atoms with Crippen LogP contribution in [0, 0.1) is 10.1 Å². The van der Waals surface area contributed by atoms with Gasteiger partial charge in [0, 0.05) is 41.6 Å². The van der Waals surface area contributed by atoms with Crippen molar-refractivity contribution < 1.29 is 9.66 Å². The lowest BCUT2D eigenvalue weighted by atomic mass is 10.0. The molecule has 0 saturated carbocycles. The highest BCUT2D eigenvalue weighted by atomic mass is 35.5. The second kappa shape index (κ2) is 9.36. The van der Waals surface area contributed by atoms with E-state index in [1.807, 2.05) is 58.1 Å². The fraction of sp³-hybridized carbons (Fsp3) is 0.120. The van der Waals surface area contributed by atoms with E-state index in [-0.39, 0.29) is 17.8 Å². The second-order valence-electron chi connectivity index (χ2n) is 7.89. The number of nitro benzene ring substituents is 1. The highest BCUT2D eigenvalue weighted by molar-refractivity contribution is 7.80. The normalized spacial score (nSPS) is 17.3. The van der Waals surface area contributed by atoms with E-state index < -0.39 is 4.92 Å². The van der Waals surface area contributed by atoms with Crippen molar-refractivity contribution in [3.63, 3.8) is 0 Å². The van der Waals surface area contributed by atoms with Gasteiger partial charge in [0.05, 0.1) is 28.8 Å². The summed E-state index contributed by atoms with van der Waals surface area (Å²) < 4.78 is 7.32. The number of ether oxygens (including phenoxy) is 1. The standard InChI is InChI=1S/C25H20ClN5O3S/c1-34-22-12-11-18(15-19(22)26)30-24(23(28-25(30)35)20-5-2-3-13-27-20)21-6-4-14-29(21)16-7-9-17(10-8-16)31(32)33/h2-15,23-24H,1H3,(H,28,35)/t23-,24+/m0/s1. The van der Waals surface area contributed by atoms with E-state index >= 15 is 0 Å². The Morgan fingerprint density at radius 1 is 1.09 bits per heavy atom. The number of benzene rings is 2. The van der Waals surface area contributed by atoms with Gasteiger partial charge in [-0.1, -0.05) is 17.7 Å². The molecular formula is C25H20ClN5O3S. The summed E-state index contributed by atoms with van der Waals surface area (Å²) in [6.07, 6.45) is 3.67. The number of nitrogens with zero attached hydrogens (tertiary/aromatic N) is 4. The predicted molar refractivity (Wildman–Crippen MR) is 138 cm³/mol. The average molecular weight is 506 g/mol. The van der Waals surface area contributed by atoms with E-state index in [0.717, 1.165) is 22.8 Å². The number of nitrogens with one attached hydrogen (secondary N) is 1. The highest BCUT2D eigenvalue weighted by Crippen LogP contribution is 2.43. The maximum atomic E-state index is 11.1. The fourth-order valence-corrected chi connectivity index (χ4v) is 4.94. The molecule has 35 heavy (non-hydrogen) atoms. The number of non-ortho nitro benzene ring substituents is 1. The lowest BCUT2D eigenvalue weighted by Gasteiger charge is -2.29. The van der Waals surface area contributed by atoms with E-state index in [0.29, 0.717) is 15.9 Å². The molecule has 8 nitrogen and oxygen atoms in total. The molecule has 0 unspecified atom stereocenters. The SMILES string of the molecule is COc1ccc(N2C(=S)N[C@@H](c3ccccn3)[C@H]2c2cccn2-c2ccc([N+](=O)[O-])cc2)cc1Cl. The van der Waals surface area contributed by atoms with E-state index in [1.165, 1.54) is 12.1 Å². The summed E-state index contributed by atoms with van der Waals surface area (Å²) in [5, 5.41) is 15.6. The molecule has 1 fully saturated rings. The molecular weight excluding hydrogens is 486 g/mol. The van der Waals surface area contributed by atoms with Crippen molar-refractivity contribution in [2.24, 2.45) is 0 Å². The van der Waals surface area contributed by atoms with Gasteiger partial charge in [0.15, 0.2) is 5.11 Å². The third-order valence-corrected chi connectivity index (χ3v) is 6.54. The van der Waals surface area contributed by atoms with Crippen molar-refractivity contribution in [3.05, 3.63) is 112 Å². The number of methoxy groups -OCH3 is 1. The number of pyridine rings is 1. The molecule has 1 aliphatic rings. The van der Waals surface area contributed by atoms with Crippen molar-refractivity contribution in [1.29, 1.82) is 0 Å². The lowest BCUT2D eigenvalue weighted by molar-refractivity contribution is -0.384.